The van der Waals surface area contributed by atoms with Gasteiger partial charge in [0.05, 0.1) is 11.9 Å². The lowest BCUT2D eigenvalue weighted by molar-refractivity contribution is 0.244. The van der Waals surface area contributed by atoms with Gasteiger partial charge in [0.1, 0.15) is 11.6 Å². The Hall–Kier alpha value is -2.83. The van der Waals surface area contributed by atoms with Crippen molar-refractivity contribution in [1.29, 1.82) is 0 Å². The first-order valence-electron chi connectivity index (χ1n) is 10.2. The maximum atomic E-state index is 12.2. The molecule has 2 fully saturated rings. The van der Waals surface area contributed by atoms with Crippen LogP contribution in [0.15, 0.2) is 42.7 Å². The minimum Gasteiger partial charge on any atom is -0.353 e. The van der Waals surface area contributed by atoms with Gasteiger partial charge >= 0.3 is 6.03 Å². The number of pyridine rings is 2. The van der Waals surface area contributed by atoms with Crippen LogP contribution < -0.4 is 20.4 Å². The molecule has 3 heterocycles. The monoisotopic (exact) mass is 380 g/mol. The van der Waals surface area contributed by atoms with Crippen LogP contribution in [0.1, 0.15) is 32.1 Å². The third-order valence-corrected chi connectivity index (χ3v) is 5.52. The molecule has 2 N–H and O–H groups in total. The summed E-state index contributed by atoms with van der Waals surface area (Å²) < 4.78 is 0. The van der Waals surface area contributed by atoms with Crippen molar-refractivity contribution in [2.45, 2.75) is 38.1 Å². The molecule has 0 radical (unpaired) electrons. The van der Waals surface area contributed by atoms with Gasteiger partial charge in [-0.05, 0) is 37.1 Å². The zero-order valence-corrected chi connectivity index (χ0v) is 16.2. The van der Waals surface area contributed by atoms with Gasteiger partial charge in [-0.3, -0.25) is 0 Å². The molecule has 148 valence electrons. The molecule has 2 amide bonds. The third-order valence-electron chi connectivity index (χ3n) is 5.52. The lowest BCUT2D eigenvalue weighted by atomic mass is 9.96. The fourth-order valence-corrected chi connectivity index (χ4v) is 3.95. The molecule has 1 aliphatic carbocycles. The predicted molar refractivity (Wildman–Crippen MR) is 112 cm³/mol. The average molecular weight is 380 g/mol. The maximum absolute atomic E-state index is 12.2. The van der Waals surface area contributed by atoms with Gasteiger partial charge in [0.25, 0.3) is 0 Å². The summed E-state index contributed by atoms with van der Waals surface area (Å²) in [6.45, 7) is 3.64. The van der Waals surface area contributed by atoms with E-state index in [-0.39, 0.29) is 6.03 Å². The molecule has 0 aromatic carbocycles. The molecule has 4 rings (SSSR count). The van der Waals surface area contributed by atoms with Crippen molar-refractivity contribution in [1.82, 2.24) is 15.3 Å². The zero-order valence-electron chi connectivity index (χ0n) is 16.2. The highest BCUT2D eigenvalue weighted by atomic mass is 16.2. The van der Waals surface area contributed by atoms with Crippen LogP contribution in [0.2, 0.25) is 0 Å². The molecule has 7 nitrogen and oxygen atoms in total. The van der Waals surface area contributed by atoms with E-state index >= 15 is 0 Å². The van der Waals surface area contributed by atoms with E-state index in [0.29, 0.717) is 6.04 Å². The fourth-order valence-electron chi connectivity index (χ4n) is 3.95. The van der Waals surface area contributed by atoms with E-state index in [1.54, 1.807) is 6.20 Å². The Labute approximate surface area is 166 Å². The summed E-state index contributed by atoms with van der Waals surface area (Å²) >= 11 is 0. The SMILES string of the molecule is O=C(Nc1ccc(N2CCN(c3ccccn3)CC2)nc1)NC1CCCCC1. The van der Waals surface area contributed by atoms with Crippen LogP contribution in [0, 0.1) is 0 Å². The number of rotatable bonds is 4. The first kappa shape index (κ1) is 18.5. The molecule has 2 aromatic rings. The Bertz CT molecular complexity index is 752. The smallest absolute Gasteiger partial charge is 0.319 e. The summed E-state index contributed by atoms with van der Waals surface area (Å²) in [7, 11) is 0. The Kier molecular flexibility index (Phi) is 5.89. The van der Waals surface area contributed by atoms with Crippen LogP contribution in [-0.2, 0) is 0 Å². The van der Waals surface area contributed by atoms with Gasteiger partial charge in [-0.1, -0.05) is 25.3 Å². The Morgan fingerprint density at radius 3 is 2.21 bits per heavy atom. The van der Waals surface area contributed by atoms with Gasteiger partial charge in [0.2, 0.25) is 0 Å². The summed E-state index contributed by atoms with van der Waals surface area (Å²) in [5.74, 6) is 1.97. The van der Waals surface area contributed by atoms with Crippen molar-refractivity contribution in [3.05, 3.63) is 42.7 Å². The number of aromatic nitrogens is 2. The Morgan fingerprint density at radius 1 is 0.893 bits per heavy atom. The lowest BCUT2D eigenvalue weighted by Crippen LogP contribution is -2.47. The third kappa shape index (κ3) is 4.71. The summed E-state index contributed by atoms with van der Waals surface area (Å²) in [6, 6.07) is 10.1. The van der Waals surface area contributed by atoms with Crippen LogP contribution >= 0.6 is 0 Å². The number of anilines is 3. The van der Waals surface area contributed by atoms with Gasteiger partial charge in [-0.15, -0.1) is 0 Å². The van der Waals surface area contributed by atoms with Gasteiger partial charge in [0, 0.05) is 38.4 Å². The van der Waals surface area contributed by atoms with Crippen molar-refractivity contribution >= 4 is 23.4 Å². The van der Waals surface area contributed by atoms with Crippen molar-refractivity contribution in [2.75, 3.05) is 41.3 Å². The Balaban J connectivity index is 1.27. The lowest BCUT2D eigenvalue weighted by Gasteiger charge is -2.36. The highest BCUT2D eigenvalue weighted by molar-refractivity contribution is 5.89. The molecule has 28 heavy (non-hydrogen) atoms. The number of hydrogen-bond donors (Lipinski definition) is 2. The molecule has 0 atom stereocenters. The second kappa shape index (κ2) is 8.91. The number of hydrogen-bond acceptors (Lipinski definition) is 5. The fraction of sp³-hybridized carbons (Fsp3) is 0.476. The van der Waals surface area contributed by atoms with Gasteiger partial charge in [-0.2, -0.15) is 0 Å². The van der Waals surface area contributed by atoms with Crippen LogP contribution in [0.5, 0.6) is 0 Å². The number of piperazine rings is 1. The predicted octanol–water partition coefficient (Wildman–Crippen LogP) is 3.26. The Morgan fingerprint density at radius 2 is 1.61 bits per heavy atom. The van der Waals surface area contributed by atoms with Gasteiger partial charge in [-0.25, -0.2) is 14.8 Å². The number of nitrogens with one attached hydrogen (secondary N) is 2. The number of carbonyl (C=O) groups is 1. The van der Waals surface area contributed by atoms with E-state index in [0.717, 1.165) is 56.3 Å². The minimum atomic E-state index is -0.134. The van der Waals surface area contributed by atoms with E-state index in [1.807, 2.05) is 36.5 Å². The van der Waals surface area contributed by atoms with Crippen LogP contribution in [0.25, 0.3) is 0 Å². The zero-order chi connectivity index (χ0) is 19.2. The van der Waals surface area contributed by atoms with Crippen molar-refractivity contribution in [3.8, 4) is 0 Å². The molecule has 0 unspecified atom stereocenters. The summed E-state index contributed by atoms with van der Waals surface area (Å²) in [4.78, 5) is 25.7. The summed E-state index contributed by atoms with van der Waals surface area (Å²) in [6.07, 6.45) is 9.41. The number of urea groups is 1. The second-order valence-electron chi connectivity index (χ2n) is 7.50. The first-order valence-corrected chi connectivity index (χ1v) is 10.2. The molecule has 1 saturated carbocycles. The molecule has 0 spiro atoms. The normalized spacial score (nSPS) is 18.0. The van der Waals surface area contributed by atoms with E-state index in [1.165, 1.54) is 19.3 Å². The standard InChI is InChI=1S/C21H28N6O/c28-21(24-17-6-2-1-3-7-17)25-18-9-10-20(23-16-18)27-14-12-26(13-15-27)19-8-4-5-11-22-19/h4-5,8-11,16-17H,1-3,6-7,12-15H2,(H2,24,25,28). The van der Waals surface area contributed by atoms with E-state index < -0.39 is 0 Å². The van der Waals surface area contributed by atoms with Crippen molar-refractivity contribution in [2.24, 2.45) is 0 Å². The molecule has 2 aromatic heterocycles. The number of carbonyl (C=O) groups excluding carboxylic acids is 1. The quantitative estimate of drug-likeness (QED) is 0.852. The van der Waals surface area contributed by atoms with Crippen LogP contribution in [0.4, 0.5) is 22.1 Å². The molecule has 0 bridgehead atoms. The maximum Gasteiger partial charge on any atom is 0.319 e. The molecular formula is C21H28N6O. The van der Waals surface area contributed by atoms with Gasteiger partial charge < -0.3 is 20.4 Å². The molecule has 2 aliphatic rings. The topological polar surface area (TPSA) is 73.4 Å². The first-order chi connectivity index (χ1) is 13.8. The minimum absolute atomic E-state index is 0.134. The van der Waals surface area contributed by atoms with E-state index in [2.05, 4.69) is 30.4 Å². The van der Waals surface area contributed by atoms with Gasteiger partial charge in [0.15, 0.2) is 0 Å². The van der Waals surface area contributed by atoms with E-state index in [4.69, 9.17) is 0 Å². The molecular weight excluding hydrogens is 352 g/mol. The average Bonchev–Trinajstić information content (AvgIpc) is 2.76. The summed E-state index contributed by atoms with van der Waals surface area (Å²) in [5.41, 5.74) is 0.726. The molecule has 1 saturated heterocycles. The number of amides is 2. The van der Waals surface area contributed by atoms with E-state index in [9.17, 15) is 4.79 Å². The number of nitrogens with zero attached hydrogens (tertiary/aromatic N) is 4. The highest BCUT2D eigenvalue weighted by Crippen LogP contribution is 2.20. The summed E-state index contributed by atoms with van der Waals surface area (Å²) in [5, 5.41) is 5.97. The van der Waals surface area contributed by atoms with Crippen LogP contribution in [-0.4, -0.2) is 48.2 Å². The highest BCUT2D eigenvalue weighted by Gasteiger charge is 2.19. The van der Waals surface area contributed by atoms with Crippen molar-refractivity contribution < 1.29 is 4.79 Å². The van der Waals surface area contributed by atoms with Crippen molar-refractivity contribution in [3.63, 3.8) is 0 Å². The van der Waals surface area contributed by atoms with Crippen LogP contribution in [0.3, 0.4) is 0 Å². The molecule has 1 aliphatic heterocycles. The molecule has 7 heteroatoms. The largest absolute Gasteiger partial charge is 0.353 e. The second-order valence-corrected chi connectivity index (χ2v) is 7.50.